The van der Waals surface area contributed by atoms with Crippen molar-refractivity contribution in [2.24, 2.45) is 0 Å². The first-order chi connectivity index (χ1) is 10.0. The van der Waals surface area contributed by atoms with Gasteiger partial charge in [0.2, 0.25) is 0 Å². The lowest BCUT2D eigenvalue weighted by atomic mass is 9.98. The summed E-state index contributed by atoms with van der Waals surface area (Å²) < 4.78 is 0. The summed E-state index contributed by atoms with van der Waals surface area (Å²) in [5.41, 5.74) is 0.705. The first-order valence-electron chi connectivity index (χ1n) is 7.35. The molecule has 2 atom stereocenters. The first kappa shape index (κ1) is 14.0. The highest BCUT2D eigenvalue weighted by atomic mass is 16.6. The molecule has 1 amide bonds. The van der Waals surface area contributed by atoms with Crippen LogP contribution in [0.15, 0.2) is 18.2 Å². The molecule has 0 radical (unpaired) electrons. The Morgan fingerprint density at radius 1 is 1.33 bits per heavy atom. The number of hydrogen-bond acceptors (Lipinski definition) is 4. The molecular weight excluding hydrogens is 270 g/mol. The van der Waals surface area contributed by atoms with Gasteiger partial charge >= 0.3 is 0 Å². The summed E-state index contributed by atoms with van der Waals surface area (Å²) in [5.74, 6) is -0.328. The number of carbonyl (C=O) groups excluding carboxylic acids is 1. The van der Waals surface area contributed by atoms with Crippen molar-refractivity contribution < 1.29 is 9.72 Å². The Balaban J connectivity index is 1.78. The highest BCUT2D eigenvalue weighted by molar-refractivity contribution is 5.99. The van der Waals surface area contributed by atoms with Crippen LogP contribution in [-0.4, -0.2) is 29.0 Å². The predicted octanol–water partition coefficient (Wildman–Crippen LogP) is 1.92. The molecule has 2 saturated heterocycles. The number of nitro groups is 1. The van der Waals surface area contributed by atoms with Crippen molar-refractivity contribution in [3.8, 4) is 0 Å². The molecule has 2 heterocycles. The molecule has 112 valence electrons. The van der Waals surface area contributed by atoms with Crippen LogP contribution in [0, 0.1) is 17.0 Å². The lowest BCUT2D eigenvalue weighted by molar-refractivity contribution is -0.385. The molecule has 0 spiro atoms. The van der Waals surface area contributed by atoms with E-state index in [1.165, 1.54) is 6.07 Å². The smallest absolute Gasteiger partial charge is 0.282 e. The number of nitrogens with zero attached hydrogens (tertiary/aromatic N) is 1. The maximum absolute atomic E-state index is 12.5. The van der Waals surface area contributed by atoms with Crippen LogP contribution in [0.2, 0.25) is 0 Å². The Hall–Kier alpha value is -1.95. The molecule has 6 heteroatoms. The van der Waals surface area contributed by atoms with E-state index in [2.05, 4.69) is 10.6 Å². The van der Waals surface area contributed by atoms with Crippen LogP contribution in [0.5, 0.6) is 0 Å². The zero-order valence-electron chi connectivity index (χ0n) is 12.0. The van der Waals surface area contributed by atoms with Crippen LogP contribution >= 0.6 is 0 Å². The van der Waals surface area contributed by atoms with E-state index >= 15 is 0 Å². The number of nitro benzene ring substituents is 1. The summed E-state index contributed by atoms with van der Waals surface area (Å²) in [6, 6.07) is 5.77. The minimum atomic E-state index is -0.492. The Bertz CT molecular complexity index is 576. The molecule has 1 aromatic carbocycles. The van der Waals surface area contributed by atoms with E-state index in [9.17, 15) is 14.9 Å². The van der Waals surface area contributed by atoms with Gasteiger partial charge in [0.15, 0.2) is 0 Å². The van der Waals surface area contributed by atoms with Gasteiger partial charge in [0.1, 0.15) is 5.56 Å². The van der Waals surface area contributed by atoms with Crippen molar-refractivity contribution in [1.82, 2.24) is 10.6 Å². The van der Waals surface area contributed by atoms with Crippen molar-refractivity contribution in [3.63, 3.8) is 0 Å². The molecule has 6 nitrogen and oxygen atoms in total. The minimum Gasteiger partial charge on any atom is -0.349 e. The molecule has 2 aliphatic heterocycles. The topological polar surface area (TPSA) is 84.3 Å². The average molecular weight is 289 g/mol. The van der Waals surface area contributed by atoms with Gasteiger partial charge in [-0.3, -0.25) is 14.9 Å². The molecule has 2 N–H and O–H groups in total. The van der Waals surface area contributed by atoms with E-state index < -0.39 is 4.92 Å². The fourth-order valence-corrected chi connectivity index (χ4v) is 3.53. The summed E-state index contributed by atoms with van der Waals surface area (Å²) in [5, 5.41) is 17.6. The Morgan fingerprint density at radius 3 is 2.62 bits per heavy atom. The van der Waals surface area contributed by atoms with Gasteiger partial charge < -0.3 is 10.6 Å². The average Bonchev–Trinajstić information content (AvgIpc) is 2.77. The zero-order chi connectivity index (χ0) is 15.0. The molecule has 2 bridgehead atoms. The highest BCUT2D eigenvalue weighted by Crippen LogP contribution is 2.28. The lowest BCUT2D eigenvalue weighted by Crippen LogP contribution is -2.48. The Kier molecular flexibility index (Phi) is 3.63. The number of piperidine rings is 1. The van der Waals surface area contributed by atoms with Gasteiger partial charge in [-0.2, -0.15) is 0 Å². The normalized spacial score (nSPS) is 27.4. The van der Waals surface area contributed by atoms with Crippen molar-refractivity contribution in [3.05, 3.63) is 39.4 Å². The van der Waals surface area contributed by atoms with Gasteiger partial charge in [-0.15, -0.1) is 0 Å². The van der Waals surface area contributed by atoms with Crippen molar-refractivity contribution in [2.75, 3.05) is 0 Å². The van der Waals surface area contributed by atoms with Crippen LogP contribution in [-0.2, 0) is 0 Å². The summed E-state index contributed by atoms with van der Waals surface area (Å²) in [7, 11) is 0. The summed E-state index contributed by atoms with van der Waals surface area (Å²) >= 11 is 0. The van der Waals surface area contributed by atoms with Gasteiger partial charge in [-0.05, 0) is 38.2 Å². The number of benzene rings is 1. The van der Waals surface area contributed by atoms with Crippen molar-refractivity contribution in [1.29, 1.82) is 0 Å². The number of aryl methyl sites for hydroxylation is 1. The summed E-state index contributed by atoms with van der Waals surface area (Å²) in [4.78, 5) is 23.1. The molecule has 2 aliphatic rings. The number of rotatable bonds is 3. The largest absolute Gasteiger partial charge is 0.349 e. The molecule has 21 heavy (non-hydrogen) atoms. The van der Waals surface area contributed by atoms with Crippen LogP contribution in [0.1, 0.15) is 41.6 Å². The maximum Gasteiger partial charge on any atom is 0.282 e. The second-order valence-corrected chi connectivity index (χ2v) is 6.01. The predicted molar refractivity (Wildman–Crippen MR) is 78.3 cm³/mol. The fraction of sp³-hybridized carbons (Fsp3) is 0.533. The van der Waals surface area contributed by atoms with E-state index in [-0.39, 0.29) is 23.2 Å². The lowest BCUT2D eigenvalue weighted by Gasteiger charge is -2.29. The number of nitrogens with one attached hydrogen (secondary N) is 2. The van der Waals surface area contributed by atoms with E-state index in [0.29, 0.717) is 17.6 Å². The van der Waals surface area contributed by atoms with E-state index in [1.807, 2.05) is 0 Å². The summed E-state index contributed by atoms with van der Waals surface area (Å²) in [6.07, 6.45) is 4.12. The Labute approximate surface area is 123 Å². The molecule has 2 fully saturated rings. The molecule has 0 aliphatic carbocycles. The monoisotopic (exact) mass is 289 g/mol. The van der Waals surface area contributed by atoms with E-state index in [4.69, 9.17) is 0 Å². The number of amides is 1. The molecule has 0 aromatic heterocycles. The molecule has 3 rings (SSSR count). The van der Waals surface area contributed by atoms with Gasteiger partial charge in [-0.25, -0.2) is 0 Å². The zero-order valence-corrected chi connectivity index (χ0v) is 12.0. The first-order valence-corrected chi connectivity index (χ1v) is 7.35. The second kappa shape index (κ2) is 5.44. The van der Waals surface area contributed by atoms with Crippen molar-refractivity contribution in [2.45, 2.75) is 50.7 Å². The van der Waals surface area contributed by atoms with Crippen LogP contribution in [0.4, 0.5) is 5.69 Å². The quantitative estimate of drug-likeness (QED) is 0.657. The molecule has 0 saturated carbocycles. The van der Waals surface area contributed by atoms with Gasteiger partial charge in [0.05, 0.1) is 4.92 Å². The third kappa shape index (κ3) is 2.76. The maximum atomic E-state index is 12.5. The molecular formula is C15H19N3O3. The van der Waals surface area contributed by atoms with E-state index in [1.54, 1.807) is 19.1 Å². The van der Waals surface area contributed by atoms with E-state index in [0.717, 1.165) is 25.7 Å². The third-order valence-corrected chi connectivity index (χ3v) is 4.48. The molecule has 2 unspecified atom stereocenters. The molecule has 1 aromatic rings. The van der Waals surface area contributed by atoms with Gasteiger partial charge in [0.25, 0.3) is 11.6 Å². The number of fused-ring (bicyclic) bond motifs is 2. The SMILES string of the molecule is Cc1cccc([N+](=O)[O-])c1C(=O)NC1CC2CCC(C1)N2. The van der Waals surface area contributed by atoms with Crippen LogP contribution in [0.25, 0.3) is 0 Å². The standard InChI is InChI=1S/C15H19N3O3/c1-9-3-2-4-13(18(20)21)14(9)15(19)17-12-7-10-5-6-11(8-12)16-10/h2-4,10-12,16H,5-8H2,1H3,(H,17,19). The highest BCUT2D eigenvalue weighted by Gasteiger charge is 2.35. The fourth-order valence-electron chi connectivity index (χ4n) is 3.53. The van der Waals surface area contributed by atoms with Crippen LogP contribution in [0.3, 0.4) is 0 Å². The van der Waals surface area contributed by atoms with Crippen LogP contribution < -0.4 is 10.6 Å². The third-order valence-electron chi connectivity index (χ3n) is 4.48. The summed E-state index contributed by atoms with van der Waals surface area (Å²) in [6.45, 7) is 1.73. The number of carbonyl (C=O) groups is 1. The van der Waals surface area contributed by atoms with Gasteiger partial charge in [-0.1, -0.05) is 12.1 Å². The van der Waals surface area contributed by atoms with Gasteiger partial charge in [0, 0.05) is 24.2 Å². The van der Waals surface area contributed by atoms with Crippen molar-refractivity contribution >= 4 is 11.6 Å². The second-order valence-electron chi connectivity index (χ2n) is 6.01. The minimum absolute atomic E-state index is 0.107. The Morgan fingerprint density at radius 2 is 2.00 bits per heavy atom. The number of hydrogen-bond donors (Lipinski definition) is 2.